The number of halogens is 3. The predicted molar refractivity (Wildman–Crippen MR) is 104 cm³/mol. The molecule has 2 aliphatic rings. The summed E-state index contributed by atoms with van der Waals surface area (Å²) in [4.78, 5) is 20.8. The highest BCUT2D eigenvalue weighted by atomic mass is 19.4. The van der Waals surface area contributed by atoms with Crippen LogP contribution in [-0.4, -0.2) is 67.3 Å². The summed E-state index contributed by atoms with van der Waals surface area (Å²) in [7, 11) is 0. The summed E-state index contributed by atoms with van der Waals surface area (Å²) < 4.78 is 43.4. The number of aromatic nitrogens is 1. The van der Waals surface area contributed by atoms with E-state index < -0.39 is 11.7 Å². The Morgan fingerprint density at radius 2 is 1.83 bits per heavy atom. The second kappa shape index (κ2) is 8.87. The number of anilines is 1. The molecule has 29 heavy (non-hydrogen) atoms. The molecule has 0 spiro atoms. The van der Waals surface area contributed by atoms with Gasteiger partial charge in [-0.3, -0.25) is 9.69 Å². The standard InChI is InChI=1S/C20H29F3N4O2/c1-19(2,27-9-11-29-12-10-27)14-25-18(28)15-5-7-26(8-6-15)17-4-3-16(13-24-17)20(21,22)23/h3-4,13,15H,5-12,14H2,1-2H3,(H,25,28). The fraction of sp³-hybridized carbons (Fsp3) is 0.700. The predicted octanol–water partition coefficient (Wildman–Crippen LogP) is 2.54. The van der Waals surface area contributed by atoms with Gasteiger partial charge in [-0.25, -0.2) is 4.98 Å². The number of pyridine rings is 1. The number of alkyl halides is 3. The quantitative estimate of drug-likeness (QED) is 0.803. The van der Waals surface area contributed by atoms with Crippen LogP contribution in [0.5, 0.6) is 0 Å². The van der Waals surface area contributed by atoms with E-state index in [4.69, 9.17) is 4.74 Å². The maximum absolute atomic E-state index is 12.7. The molecule has 0 aliphatic carbocycles. The summed E-state index contributed by atoms with van der Waals surface area (Å²) in [6.07, 6.45) is -2.20. The molecule has 0 atom stereocenters. The Kier molecular flexibility index (Phi) is 6.68. The minimum absolute atomic E-state index is 0.0476. The first kappa shape index (κ1) is 21.8. The van der Waals surface area contributed by atoms with Gasteiger partial charge in [0.15, 0.2) is 0 Å². The van der Waals surface area contributed by atoms with Crippen molar-refractivity contribution in [3.63, 3.8) is 0 Å². The molecule has 2 fully saturated rings. The molecule has 1 amide bonds. The molecule has 0 saturated carbocycles. The zero-order chi connectivity index (χ0) is 21.1. The van der Waals surface area contributed by atoms with E-state index in [-0.39, 0.29) is 17.4 Å². The van der Waals surface area contributed by atoms with Crippen LogP contribution in [0.4, 0.5) is 19.0 Å². The normalized spacial score (nSPS) is 20.0. The molecule has 2 aliphatic heterocycles. The van der Waals surface area contributed by atoms with Crippen molar-refractivity contribution < 1.29 is 22.7 Å². The molecule has 0 aromatic carbocycles. The Morgan fingerprint density at radius 3 is 2.38 bits per heavy atom. The first-order chi connectivity index (χ1) is 13.7. The summed E-state index contributed by atoms with van der Waals surface area (Å²) in [6, 6.07) is 2.45. The fourth-order valence-electron chi connectivity index (χ4n) is 3.84. The second-order valence-electron chi connectivity index (χ2n) is 8.29. The topological polar surface area (TPSA) is 57.7 Å². The Balaban J connectivity index is 1.46. The highest BCUT2D eigenvalue weighted by Gasteiger charge is 2.32. The average molecular weight is 414 g/mol. The number of piperidine rings is 1. The summed E-state index contributed by atoms with van der Waals surface area (Å²) in [5.41, 5.74) is -0.886. The van der Waals surface area contributed by atoms with Gasteiger partial charge in [0.25, 0.3) is 0 Å². The third-order valence-electron chi connectivity index (χ3n) is 5.83. The van der Waals surface area contributed by atoms with Crippen LogP contribution < -0.4 is 10.2 Å². The maximum atomic E-state index is 12.7. The van der Waals surface area contributed by atoms with Gasteiger partial charge in [-0.2, -0.15) is 13.2 Å². The SMILES string of the molecule is CC(C)(CNC(=O)C1CCN(c2ccc(C(F)(F)F)cn2)CC1)N1CCOCC1. The van der Waals surface area contributed by atoms with Crippen LogP contribution in [0.25, 0.3) is 0 Å². The number of carbonyl (C=O) groups is 1. The molecule has 0 unspecified atom stereocenters. The van der Waals surface area contributed by atoms with Gasteiger partial charge in [-0.1, -0.05) is 0 Å². The molecule has 3 heterocycles. The lowest BCUT2D eigenvalue weighted by atomic mass is 9.95. The van der Waals surface area contributed by atoms with Crippen LogP contribution in [0.15, 0.2) is 18.3 Å². The molecule has 6 nitrogen and oxygen atoms in total. The molecule has 1 aromatic rings. The average Bonchev–Trinajstić information content (AvgIpc) is 2.72. The van der Waals surface area contributed by atoms with Crippen LogP contribution >= 0.6 is 0 Å². The number of nitrogens with one attached hydrogen (secondary N) is 1. The molecule has 0 bridgehead atoms. The molecular formula is C20H29F3N4O2. The van der Waals surface area contributed by atoms with Gasteiger partial charge in [0.05, 0.1) is 18.8 Å². The van der Waals surface area contributed by atoms with Crippen LogP contribution in [0, 0.1) is 5.92 Å². The number of hydrogen-bond donors (Lipinski definition) is 1. The van der Waals surface area contributed by atoms with Gasteiger partial charge >= 0.3 is 6.18 Å². The highest BCUT2D eigenvalue weighted by molar-refractivity contribution is 5.79. The molecule has 1 N–H and O–H groups in total. The molecule has 0 radical (unpaired) electrons. The van der Waals surface area contributed by atoms with E-state index in [9.17, 15) is 18.0 Å². The first-order valence-electron chi connectivity index (χ1n) is 10.1. The molecular weight excluding hydrogens is 385 g/mol. The van der Waals surface area contributed by atoms with Gasteiger partial charge in [0.1, 0.15) is 5.82 Å². The highest BCUT2D eigenvalue weighted by Crippen LogP contribution is 2.30. The number of nitrogens with zero attached hydrogens (tertiary/aromatic N) is 3. The van der Waals surface area contributed by atoms with Crippen molar-refractivity contribution in [2.24, 2.45) is 5.92 Å². The van der Waals surface area contributed by atoms with Crippen LogP contribution in [-0.2, 0) is 15.7 Å². The van der Waals surface area contributed by atoms with Gasteiger partial charge in [0, 0.05) is 50.4 Å². The van der Waals surface area contributed by atoms with Gasteiger partial charge in [-0.15, -0.1) is 0 Å². The lowest BCUT2D eigenvalue weighted by Gasteiger charge is -2.41. The van der Waals surface area contributed by atoms with Crippen molar-refractivity contribution in [3.05, 3.63) is 23.9 Å². The van der Waals surface area contributed by atoms with Gasteiger partial charge < -0.3 is 15.0 Å². The minimum atomic E-state index is -4.38. The zero-order valence-corrected chi connectivity index (χ0v) is 17.0. The summed E-state index contributed by atoms with van der Waals surface area (Å²) in [5, 5.41) is 3.09. The molecule has 1 aromatic heterocycles. The third-order valence-corrected chi connectivity index (χ3v) is 5.83. The lowest BCUT2D eigenvalue weighted by molar-refractivity contribution is -0.137. The first-order valence-corrected chi connectivity index (χ1v) is 10.1. The largest absolute Gasteiger partial charge is 0.417 e. The van der Waals surface area contributed by atoms with E-state index in [2.05, 4.69) is 29.0 Å². The van der Waals surface area contributed by atoms with Crippen LogP contribution in [0.3, 0.4) is 0 Å². The Bertz CT molecular complexity index is 680. The van der Waals surface area contributed by atoms with Crippen molar-refractivity contribution in [1.82, 2.24) is 15.2 Å². The van der Waals surface area contributed by atoms with Gasteiger partial charge in [-0.05, 0) is 38.8 Å². The molecule has 3 rings (SSSR count). The zero-order valence-electron chi connectivity index (χ0n) is 17.0. The van der Waals surface area contributed by atoms with Crippen molar-refractivity contribution in [3.8, 4) is 0 Å². The van der Waals surface area contributed by atoms with E-state index in [1.54, 1.807) is 0 Å². The monoisotopic (exact) mass is 414 g/mol. The van der Waals surface area contributed by atoms with E-state index >= 15 is 0 Å². The van der Waals surface area contributed by atoms with Gasteiger partial charge in [0.2, 0.25) is 5.91 Å². The number of carbonyl (C=O) groups excluding carboxylic acids is 1. The van der Waals surface area contributed by atoms with E-state index in [1.165, 1.54) is 6.07 Å². The summed E-state index contributed by atoms with van der Waals surface area (Å²) in [6.45, 7) is 9.18. The van der Waals surface area contributed by atoms with Crippen LogP contribution in [0.2, 0.25) is 0 Å². The smallest absolute Gasteiger partial charge is 0.379 e. The van der Waals surface area contributed by atoms with E-state index in [0.29, 0.717) is 51.5 Å². The fourth-order valence-corrected chi connectivity index (χ4v) is 3.84. The van der Waals surface area contributed by atoms with E-state index in [0.717, 1.165) is 25.4 Å². The Hall–Kier alpha value is -1.87. The summed E-state index contributed by atoms with van der Waals surface area (Å²) in [5.74, 6) is 0.484. The van der Waals surface area contributed by atoms with Crippen molar-refractivity contribution in [1.29, 1.82) is 0 Å². The van der Waals surface area contributed by atoms with Crippen molar-refractivity contribution in [2.75, 3.05) is 50.8 Å². The summed E-state index contributed by atoms with van der Waals surface area (Å²) >= 11 is 0. The number of hydrogen-bond acceptors (Lipinski definition) is 5. The minimum Gasteiger partial charge on any atom is -0.379 e. The number of ether oxygens (including phenoxy) is 1. The number of morpholine rings is 1. The number of amides is 1. The van der Waals surface area contributed by atoms with E-state index in [1.807, 2.05) is 4.90 Å². The lowest BCUT2D eigenvalue weighted by Crippen LogP contribution is -2.56. The Labute approximate surface area is 169 Å². The van der Waals surface area contributed by atoms with Crippen LogP contribution in [0.1, 0.15) is 32.3 Å². The van der Waals surface area contributed by atoms with Crippen molar-refractivity contribution >= 4 is 11.7 Å². The molecule has 9 heteroatoms. The maximum Gasteiger partial charge on any atom is 0.417 e. The molecule has 162 valence electrons. The Morgan fingerprint density at radius 1 is 1.17 bits per heavy atom. The molecule has 2 saturated heterocycles. The third kappa shape index (κ3) is 5.60. The number of rotatable bonds is 5. The second-order valence-corrected chi connectivity index (χ2v) is 8.29. The van der Waals surface area contributed by atoms with Crippen molar-refractivity contribution in [2.45, 2.75) is 38.4 Å².